The van der Waals surface area contributed by atoms with Crippen LogP contribution in [0.4, 0.5) is 5.69 Å². The maximum absolute atomic E-state index is 12.5. The minimum absolute atomic E-state index is 0.0762. The van der Waals surface area contributed by atoms with E-state index >= 15 is 0 Å². The average molecular weight is 394 g/mol. The summed E-state index contributed by atoms with van der Waals surface area (Å²) in [7, 11) is -1.70. The Morgan fingerprint density at radius 2 is 1.54 bits per heavy atom. The molecule has 0 spiro atoms. The first kappa shape index (κ1) is 18.7. The highest BCUT2D eigenvalue weighted by molar-refractivity contribution is 7.92. The molecule has 138 valence electrons. The van der Waals surface area contributed by atoms with Crippen LogP contribution < -0.4 is 4.72 Å². The molecule has 1 fully saturated rings. The van der Waals surface area contributed by atoms with Gasteiger partial charge in [0.05, 0.1) is 4.90 Å². The first-order valence-electron chi connectivity index (χ1n) is 8.21. The summed E-state index contributed by atoms with van der Waals surface area (Å²) in [5.74, 6) is -0.0762. The third-order valence-corrected chi connectivity index (χ3v) is 5.95. The van der Waals surface area contributed by atoms with Crippen molar-refractivity contribution >= 4 is 33.2 Å². The molecule has 1 aliphatic heterocycles. The van der Waals surface area contributed by atoms with Gasteiger partial charge in [-0.05, 0) is 55.6 Å². The Kier molecular flexibility index (Phi) is 5.50. The van der Waals surface area contributed by atoms with Gasteiger partial charge in [-0.3, -0.25) is 9.52 Å². The summed E-state index contributed by atoms with van der Waals surface area (Å²) < 4.78 is 27.4. The highest BCUT2D eigenvalue weighted by Crippen LogP contribution is 2.19. The van der Waals surface area contributed by atoms with E-state index in [4.69, 9.17) is 11.6 Å². The van der Waals surface area contributed by atoms with Gasteiger partial charge in [0.15, 0.2) is 0 Å². The number of halogens is 1. The zero-order chi connectivity index (χ0) is 18.7. The minimum atomic E-state index is -3.73. The Labute approximate surface area is 158 Å². The van der Waals surface area contributed by atoms with Gasteiger partial charge in [-0.15, -0.1) is 0 Å². The highest BCUT2D eigenvalue weighted by Gasteiger charge is 2.21. The SMILES string of the molecule is CN1CCN(C(=O)c2ccc(S(=O)(=O)Nc3ccc(Cl)cc3)cc2)CC1. The number of sulfonamides is 1. The van der Waals surface area contributed by atoms with Crippen LogP contribution in [0.15, 0.2) is 53.4 Å². The number of rotatable bonds is 4. The molecule has 0 atom stereocenters. The van der Waals surface area contributed by atoms with E-state index in [9.17, 15) is 13.2 Å². The first-order chi connectivity index (χ1) is 12.3. The number of carbonyl (C=O) groups is 1. The van der Waals surface area contributed by atoms with Crippen molar-refractivity contribution in [2.75, 3.05) is 37.9 Å². The second kappa shape index (κ2) is 7.65. The fourth-order valence-electron chi connectivity index (χ4n) is 2.70. The van der Waals surface area contributed by atoms with Crippen LogP contribution in [0.2, 0.25) is 5.02 Å². The van der Waals surface area contributed by atoms with Gasteiger partial charge >= 0.3 is 0 Å². The van der Waals surface area contributed by atoms with Gasteiger partial charge < -0.3 is 9.80 Å². The number of nitrogens with one attached hydrogen (secondary N) is 1. The lowest BCUT2D eigenvalue weighted by molar-refractivity contribution is 0.0664. The third kappa shape index (κ3) is 4.35. The van der Waals surface area contributed by atoms with Crippen molar-refractivity contribution < 1.29 is 13.2 Å². The van der Waals surface area contributed by atoms with Crippen molar-refractivity contribution in [3.63, 3.8) is 0 Å². The molecule has 0 bridgehead atoms. The molecule has 1 saturated heterocycles. The van der Waals surface area contributed by atoms with Crippen LogP contribution in [0, 0.1) is 0 Å². The second-order valence-corrected chi connectivity index (χ2v) is 8.35. The summed E-state index contributed by atoms with van der Waals surface area (Å²) in [5, 5.41) is 0.528. The predicted octanol–water partition coefficient (Wildman–Crippen LogP) is 2.53. The highest BCUT2D eigenvalue weighted by atomic mass is 35.5. The van der Waals surface area contributed by atoms with Crippen molar-refractivity contribution in [3.05, 3.63) is 59.1 Å². The van der Waals surface area contributed by atoms with E-state index in [1.54, 1.807) is 41.3 Å². The Morgan fingerprint density at radius 1 is 0.962 bits per heavy atom. The van der Waals surface area contributed by atoms with E-state index in [-0.39, 0.29) is 10.8 Å². The van der Waals surface area contributed by atoms with Gasteiger partial charge in [-0.25, -0.2) is 8.42 Å². The lowest BCUT2D eigenvalue weighted by atomic mass is 10.2. The van der Waals surface area contributed by atoms with E-state index in [1.165, 1.54) is 12.1 Å². The van der Waals surface area contributed by atoms with Crippen LogP contribution >= 0.6 is 11.6 Å². The Morgan fingerprint density at radius 3 is 2.12 bits per heavy atom. The third-order valence-electron chi connectivity index (χ3n) is 4.30. The summed E-state index contributed by atoms with van der Waals surface area (Å²) in [5.41, 5.74) is 0.909. The molecule has 3 rings (SSSR count). The topological polar surface area (TPSA) is 69.7 Å². The number of carbonyl (C=O) groups excluding carboxylic acids is 1. The zero-order valence-electron chi connectivity index (χ0n) is 14.4. The maximum Gasteiger partial charge on any atom is 0.261 e. The molecule has 26 heavy (non-hydrogen) atoms. The molecule has 1 heterocycles. The average Bonchev–Trinajstić information content (AvgIpc) is 2.64. The maximum atomic E-state index is 12.5. The molecule has 1 N–H and O–H groups in total. The largest absolute Gasteiger partial charge is 0.336 e. The van der Waals surface area contributed by atoms with Crippen molar-refractivity contribution in [2.24, 2.45) is 0 Å². The molecule has 0 radical (unpaired) electrons. The van der Waals surface area contributed by atoms with E-state index in [1.807, 2.05) is 7.05 Å². The molecular formula is C18H20ClN3O3S. The van der Waals surface area contributed by atoms with Crippen LogP contribution in [0.3, 0.4) is 0 Å². The molecule has 0 aromatic heterocycles. The number of benzene rings is 2. The number of anilines is 1. The van der Waals surface area contributed by atoms with Gasteiger partial charge in [-0.1, -0.05) is 11.6 Å². The summed E-state index contributed by atoms with van der Waals surface area (Å²) in [4.78, 5) is 16.6. The summed E-state index contributed by atoms with van der Waals surface area (Å²) in [6.45, 7) is 3.02. The van der Waals surface area contributed by atoms with Crippen LogP contribution in [-0.2, 0) is 10.0 Å². The zero-order valence-corrected chi connectivity index (χ0v) is 15.9. The fourth-order valence-corrected chi connectivity index (χ4v) is 3.89. The van der Waals surface area contributed by atoms with Crippen molar-refractivity contribution in [1.29, 1.82) is 0 Å². The van der Waals surface area contributed by atoms with E-state index in [0.29, 0.717) is 29.4 Å². The molecule has 0 unspecified atom stereocenters. The lowest BCUT2D eigenvalue weighted by Crippen LogP contribution is -2.47. The second-order valence-electron chi connectivity index (χ2n) is 6.23. The van der Waals surface area contributed by atoms with Crippen molar-refractivity contribution in [2.45, 2.75) is 4.90 Å². The van der Waals surface area contributed by atoms with Gasteiger partial charge in [0.25, 0.3) is 15.9 Å². The number of nitrogens with zero attached hydrogens (tertiary/aromatic N) is 2. The van der Waals surface area contributed by atoms with Gasteiger partial charge in [0, 0.05) is 42.5 Å². The number of piperazine rings is 1. The molecule has 0 saturated carbocycles. The Hall–Kier alpha value is -2.09. The van der Waals surface area contributed by atoms with Crippen LogP contribution in [0.25, 0.3) is 0 Å². The van der Waals surface area contributed by atoms with E-state index in [2.05, 4.69) is 9.62 Å². The van der Waals surface area contributed by atoms with Crippen LogP contribution in [-0.4, -0.2) is 57.4 Å². The molecule has 2 aromatic carbocycles. The molecule has 6 nitrogen and oxygen atoms in total. The van der Waals surface area contributed by atoms with Crippen LogP contribution in [0.1, 0.15) is 10.4 Å². The predicted molar refractivity (Wildman–Crippen MR) is 102 cm³/mol. The number of hydrogen-bond donors (Lipinski definition) is 1. The summed E-state index contributed by atoms with van der Waals surface area (Å²) in [6.07, 6.45) is 0. The molecule has 1 aliphatic rings. The summed E-state index contributed by atoms with van der Waals surface area (Å²) >= 11 is 5.80. The van der Waals surface area contributed by atoms with Crippen molar-refractivity contribution in [1.82, 2.24) is 9.80 Å². The quantitative estimate of drug-likeness (QED) is 0.866. The normalized spacial score (nSPS) is 15.7. The number of hydrogen-bond acceptors (Lipinski definition) is 4. The van der Waals surface area contributed by atoms with E-state index in [0.717, 1.165) is 13.1 Å². The lowest BCUT2D eigenvalue weighted by Gasteiger charge is -2.32. The minimum Gasteiger partial charge on any atom is -0.336 e. The molecular weight excluding hydrogens is 374 g/mol. The summed E-state index contributed by atoms with van der Waals surface area (Å²) in [6, 6.07) is 12.4. The number of amides is 1. The van der Waals surface area contributed by atoms with E-state index < -0.39 is 10.0 Å². The van der Waals surface area contributed by atoms with Crippen LogP contribution in [0.5, 0.6) is 0 Å². The molecule has 1 amide bonds. The monoisotopic (exact) mass is 393 g/mol. The van der Waals surface area contributed by atoms with Crippen molar-refractivity contribution in [3.8, 4) is 0 Å². The van der Waals surface area contributed by atoms with Gasteiger partial charge in [0.1, 0.15) is 0 Å². The Balaban J connectivity index is 1.72. The first-order valence-corrected chi connectivity index (χ1v) is 10.1. The fraction of sp³-hybridized carbons (Fsp3) is 0.278. The molecule has 0 aliphatic carbocycles. The van der Waals surface area contributed by atoms with Gasteiger partial charge in [-0.2, -0.15) is 0 Å². The van der Waals surface area contributed by atoms with Gasteiger partial charge in [0.2, 0.25) is 0 Å². The molecule has 2 aromatic rings. The smallest absolute Gasteiger partial charge is 0.261 e. The standard InChI is InChI=1S/C18H20ClN3O3S/c1-21-10-12-22(13-11-21)18(23)14-2-8-17(9-3-14)26(24,25)20-16-6-4-15(19)5-7-16/h2-9,20H,10-13H2,1H3. The molecule has 8 heteroatoms. The number of likely N-dealkylation sites (N-methyl/N-ethyl adjacent to an activating group) is 1. The Bertz CT molecular complexity index is 875.